The van der Waals surface area contributed by atoms with E-state index in [-0.39, 0.29) is 5.56 Å². The minimum Gasteiger partial charge on any atom is -0.494 e. The van der Waals surface area contributed by atoms with Crippen LogP contribution in [0.4, 0.5) is 0 Å². The fourth-order valence-electron chi connectivity index (χ4n) is 3.14. The molecule has 4 rings (SSSR count). The van der Waals surface area contributed by atoms with Crippen LogP contribution in [0.25, 0.3) is 11.3 Å². The fourth-order valence-corrected chi connectivity index (χ4v) is 4.12. The van der Waals surface area contributed by atoms with Gasteiger partial charge in [-0.25, -0.2) is 0 Å². The number of rotatable bonds is 6. The van der Waals surface area contributed by atoms with E-state index in [4.69, 9.17) is 4.74 Å². The van der Waals surface area contributed by atoms with Crippen molar-refractivity contribution in [2.45, 2.75) is 31.7 Å². The van der Waals surface area contributed by atoms with E-state index < -0.39 is 0 Å². The average Bonchev–Trinajstić information content (AvgIpc) is 3.14. The highest BCUT2D eigenvalue weighted by molar-refractivity contribution is 7.98. The Kier molecular flexibility index (Phi) is 5.40. The first-order valence-corrected chi connectivity index (χ1v) is 10.4. The van der Waals surface area contributed by atoms with Crippen molar-refractivity contribution in [1.29, 1.82) is 0 Å². The maximum absolute atomic E-state index is 12.9. The van der Waals surface area contributed by atoms with Crippen LogP contribution in [0.3, 0.4) is 0 Å². The molecule has 0 amide bonds. The molecule has 2 aromatic carbocycles. The number of aryl methyl sites for hydroxylation is 2. The second-order valence-corrected chi connectivity index (χ2v) is 7.74. The van der Waals surface area contributed by atoms with Crippen LogP contribution < -0.4 is 10.3 Å². The van der Waals surface area contributed by atoms with Crippen LogP contribution in [-0.2, 0) is 5.75 Å². The summed E-state index contributed by atoms with van der Waals surface area (Å²) in [5.74, 6) is 1.55. The number of fused-ring (bicyclic) bond motifs is 1. The lowest BCUT2D eigenvalue weighted by molar-refractivity contribution is 0.340. The zero-order valence-corrected chi connectivity index (χ0v) is 17.4. The Morgan fingerprint density at radius 3 is 2.59 bits per heavy atom. The molecule has 7 heteroatoms. The number of ether oxygens (including phenoxy) is 1. The second-order valence-electron chi connectivity index (χ2n) is 6.80. The first-order chi connectivity index (χ1) is 14.1. The summed E-state index contributed by atoms with van der Waals surface area (Å²) in [4.78, 5) is 12.9. The van der Waals surface area contributed by atoms with Gasteiger partial charge in [0.2, 0.25) is 5.65 Å². The van der Waals surface area contributed by atoms with E-state index in [1.807, 2.05) is 37.4 Å². The molecule has 0 saturated carbocycles. The van der Waals surface area contributed by atoms with Crippen LogP contribution in [0.2, 0.25) is 0 Å². The lowest BCUT2D eigenvalue weighted by atomic mass is 10.1. The first kappa shape index (κ1) is 19.3. The monoisotopic (exact) mass is 406 g/mol. The lowest BCUT2D eigenvalue weighted by Crippen LogP contribution is -2.20. The molecule has 0 bridgehead atoms. The molecule has 0 saturated heterocycles. The van der Waals surface area contributed by atoms with Crippen molar-refractivity contribution in [3.05, 3.63) is 81.9 Å². The van der Waals surface area contributed by atoms with Crippen LogP contribution in [0, 0.1) is 13.8 Å². The zero-order valence-electron chi connectivity index (χ0n) is 16.6. The summed E-state index contributed by atoms with van der Waals surface area (Å²) in [6, 6.07) is 13.8. The third-order valence-electron chi connectivity index (χ3n) is 4.73. The molecule has 0 N–H and O–H groups in total. The zero-order chi connectivity index (χ0) is 20.4. The summed E-state index contributed by atoms with van der Waals surface area (Å²) in [6.45, 7) is 6.73. The number of thioether (sulfide) groups is 1. The van der Waals surface area contributed by atoms with Crippen molar-refractivity contribution in [2.24, 2.45) is 0 Å². The topological polar surface area (TPSA) is 61.4 Å². The standard InChI is InChI=1S/C22H22N4O2S/c1-4-28-19-9-7-18(8-10-19)25-11-12-26-20(21(25)27)23-24-22(26)29-14-17-13-15(2)5-6-16(17)3/h5-13H,4,14H2,1-3H3. The number of nitrogens with zero attached hydrogens (tertiary/aromatic N) is 4. The van der Waals surface area contributed by atoms with Crippen molar-refractivity contribution in [3.8, 4) is 11.4 Å². The Bertz CT molecular complexity index is 1210. The minimum atomic E-state index is -0.206. The van der Waals surface area contributed by atoms with E-state index in [2.05, 4.69) is 42.2 Å². The molecule has 2 aromatic heterocycles. The summed E-state index contributed by atoms with van der Waals surface area (Å²) < 4.78 is 8.78. The van der Waals surface area contributed by atoms with Gasteiger partial charge in [0.15, 0.2) is 5.16 Å². The highest BCUT2D eigenvalue weighted by atomic mass is 32.2. The summed E-state index contributed by atoms with van der Waals surface area (Å²) >= 11 is 1.58. The molecule has 0 unspecified atom stereocenters. The van der Waals surface area contributed by atoms with Gasteiger partial charge in [-0.2, -0.15) is 0 Å². The van der Waals surface area contributed by atoms with Gasteiger partial charge in [0.25, 0.3) is 0 Å². The Labute approximate surface area is 173 Å². The molecule has 0 fully saturated rings. The molecule has 0 atom stereocenters. The molecule has 0 spiro atoms. The molecule has 4 aromatic rings. The van der Waals surface area contributed by atoms with Gasteiger partial charge in [0.1, 0.15) is 5.75 Å². The van der Waals surface area contributed by atoms with E-state index in [1.165, 1.54) is 16.7 Å². The molecule has 0 aliphatic heterocycles. The van der Waals surface area contributed by atoms with Gasteiger partial charge >= 0.3 is 5.56 Å². The Morgan fingerprint density at radius 2 is 1.83 bits per heavy atom. The minimum absolute atomic E-state index is 0.206. The summed E-state index contributed by atoms with van der Waals surface area (Å²) in [5.41, 5.74) is 4.60. The molecule has 29 heavy (non-hydrogen) atoms. The molecule has 2 heterocycles. The number of hydrogen-bond acceptors (Lipinski definition) is 5. The number of hydrogen-bond donors (Lipinski definition) is 0. The molecular weight excluding hydrogens is 384 g/mol. The normalized spacial score (nSPS) is 11.1. The van der Waals surface area contributed by atoms with Crippen LogP contribution in [0.15, 0.2) is 64.8 Å². The average molecular weight is 407 g/mol. The predicted molar refractivity (Wildman–Crippen MR) is 115 cm³/mol. The highest BCUT2D eigenvalue weighted by Gasteiger charge is 2.13. The van der Waals surface area contributed by atoms with Crippen LogP contribution in [-0.4, -0.2) is 25.8 Å². The number of benzene rings is 2. The second kappa shape index (κ2) is 8.13. The van der Waals surface area contributed by atoms with Crippen LogP contribution in [0.5, 0.6) is 5.75 Å². The quantitative estimate of drug-likeness (QED) is 0.450. The Hall–Kier alpha value is -3.06. The maximum Gasteiger partial charge on any atom is 0.300 e. The molecule has 0 aliphatic carbocycles. The smallest absolute Gasteiger partial charge is 0.300 e. The van der Waals surface area contributed by atoms with Gasteiger partial charge in [0, 0.05) is 23.8 Å². The lowest BCUT2D eigenvalue weighted by Gasteiger charge is -2.08. The molecule has 148 valence electrons. The van der Waals surface area contributed by atoms with Crippen molar-refractivity contribution in [2.75, 3.05) is 6.61 Å². The Balaban J connectivity index is 1.62. The fraction of sp³-hybridized carbons (Fsp3) is 0.227. The SMILES string of the molecule is CCOc1ccc(-n2ccn3c(SCc4cc(C)ccc4C)nnc3c2=O)cc1. The van der Waals surface area contributed by atoms with E-state index in [1.54, 1.807) is 26.9 Å². The van der Waals surface area contributed by atoms with Gasteiger partial charge in [-0.15, -0.1) is 10.2 Å². The first-order valence-electron chi connectivity index (χ1n) is 9.45. The van der Waals surface area contributed by atoms with Gasteiger partial charge in [0.05, 0.1) is 6.61 Å². The molecule has 0 radical (unpaired) electrons. The van der Waals surface area contributed by atoms with Crippen molar-refractivity contribution in [1.82, 2.24) is 19.2 Å². The van der Waals surface area contributed by atoms with E-state index in [0.717, 1.165) is 17.2 Å². The summed E-state index contributed by atoms with van der Waals surface area (Å²) in [5, 5.41) is 9.08. The van der Waals surface area contributed by atoms with E-state index in [9.17, 15) is 4.79 Å². The molecular formula is C22H22N4O2S. The highest BCUT2D eigenvalue weighted by Crippen LogP contribution is 2.24. The van der Waals surface area contributed by atoms with Crippen LogP contribution in [0.1, 0.15) is 23.6 Å². The van der Waals surface area contributed by atoms with Crippen molar-refractivity contribution < 1.29 is 4.74 Å². The van der Waals surface area contributed by atoms with Gasteiger partial charge < -0.3 is 4.74 Å². The van der Waals surface area contributed by atoms with E-state index in [0.29, 0.717) is 17.4 Å². The Morgan fingerprint density at radius 1 is 1.03 bits per heavy atom. The molecule has 0 aliphatic rings. The molecule has 6 nitrogen and oxygen atoms in total. The largest absolute Gasteiger partial charge is 0.494 e. The third-order valence-corrected chi connectivity index (χ3v) is 5.72. The maximum atomic E-state index is 12.9. The van der Waals surface area contributed by atoms with Gasteiger partial charge in [-0.3, -0.25) is 13.8 Å². The summed E-state index contributed by atoms with van der Waals surface area (Å²) in [7, 11) is 0. The predicted octanol–water partition coefficient (Wildman–Crippen LogP) is 4.19. The number of aromatic nitrogens is 4. The summed E-state index contributed by atoms with van der Waals surface area (Å²) in [6.07, 6.45) is 3.58. The van der Waals surface area contributed by atoms with Gasteiger partial charge in [-0.1, -0.05) is 35.5 Å². The van der Waals surface area contributed by atoms with Crippen molar-refractivity contribution >= 4 is 17.4 Å². The third kappa shape index (κ3) is 3.91. The van der Waals surface area contributed by atoms with Crippen LogP contribution >= 0.6 is 11.8 Å². The van der Waals surface area contributed by atoms with Crippen molar-refractivity contribution in [3.63, 3.8) is 0 Å². The van der Waals surface area contributed by atoms with E-state index >= 15 is 0 Å². The van der Waals surface area contributed by atoms with Gasteiger partial charge in [-0.05, 0) is 56.2 Å².